The fraction of sp³-hybridized carbons (Fsp3) is 0.312. The van der Waals surface area contributed by atoms with Crippen LogP contribution in [0.25, 0.3) is 0 Å². The Labute approximate surface area is 140 Å². The number of halogens is 1. The van der Waals surface area contributed by atoms with Gasteiger partial charge in [0.2, 0.25) is 0 Å². The Bertz CT molecular complexity index is 691. The van der Waals surface area contributed by atoms with Crippen molar-refractivity contribution in [3.63, 3.8) is 0 Å². The molecule has 2 rings (SSSR count). The summed E-state index contributed by atoms with van der Waals surface area (Å²) in [6.45, 7) is 2.92. The van der Waals surface area contributed by atoms with Crippen molar-refractivity contribution in [3.05, 3.63) is 42.0 Å². The van der Waals surface area contributed by atoms with Crippen molar-refractivity contribution in [1.29, 1.82) is 0 Å². The van der Waals surface area contributed by atoms with E-state index in [-0.39, 0.29) is 0 Å². The number of nitrogen functional groups attached to an aromatic ring is 1. The molecule has 24 heavy (non-hydrogen) atoms. The van der Waals surface area contributed by atoms with Gasteiger partial charge in [-0.15, -0.1) is 0 Å². The average Bonchev–Trinajstić information content (AvgIpc) is 2.59. The van der Waals surface area contributed by atoms with Gasteiger partial charge in [-0.1, -0.05) is 13.3 Å². The quantitative estimate of drug-likeness (QED) is 0.673. The Morgan fingerprint density at radius 2 is 2.00 bits per heavy atom. The van der Waals surface area contributed by atoms with Crippen molar-refractivity contribution in [2.45, 2.75) is 19.8 Å². The van der Waals surface area contributed by atoms with E-state index in [4.69, 9.17) is 5.73 Å². The molecular formula is C16H21FN6O. The van der Waals surface area contributed by atoms with Crippen LogP contribution in [0.4, 0.5) is 21.7 Å². The third kappa shape index (κ3) is 4.31. The number of anilines is 3. The summed E-state index contributed by atoms with van der Waals surface area (Å²) in [7, 11) is 1.90. The Kier molecular flexibility index (Phi) is 5.89. The van der Waals surface area contributed by atoms with E-state index < -0.39 is 11.7 Å². The van der Waals surface area contributed by atoms with Gasteiger partial charge in [-0.05, 0) is 30.7 Å². The minimum absolute atomic E-state index is 0.304. The van der Waals surface area contributed by atoms with E-state index in [1.165, 1.54) is 30.6 Å². The third-order valence-electron chi connectivity index (χ3n) is 3.47. The van der Waals surface area contributed by atoms with Crippen molar-refractivity contribution < 1.29 is 9.18 Å². The Morgan fingerprint density at radius 1 is 1.29 bits per heavy atom. The summed E-state index contributed by atoms with van der Waals surface area (Å²) in [6, 6.07) is 5.21. The van der Waals surface area contributed by atoms with Crippen LogP contribution < -0.4 is 21.5 Å². The summed E-state index contributed by atoms with van der Waals surface area (Å²) in [5.41, 5.74) is 11.9. The number of aromatic nitrogens is 2. The van der Waals surface area contributed by atoms with Crippen LogP contribution in [-0.2, 0) is 0 Å². The molecule has 1 heterocycles. The van der Waals surface area contributed by atoms with Gasteiger partial charge in [0.05, 0.1) is 0 Å². The van der Waals surface area contributed by atoms with E-state index in [1.54, 1.807) is 0 Å². The molecule has 0 aliphatic heterocycles. The van der Waals surface area contributed by atoms with Gasteiger partial charge in [-0.25, -0.2) is 14.4 Å². The number of carbonyl (C=O) groups is 1. The summed E-state index contributed by atoms with van der Waals surface area (Å²) in [6.07, 6.45) is 3.46. The zero-order valence-electron chi connectivity index (χ0n) is 13.7. The SMILES string of the molecule is CCCCN(C)c1ncnc(NNC(=O)c2ccc(F)cc2)c1N. The van der Waals surface area contributed by atoms with E-state index in [9.17, 15) is 9.18 Å². The minimum atomic E-state index is -0.422. The minimum Gasteiger partial charge on any atom is -0.393 e. The molecule has 0 aliphatic carbocycles. The third-order valence-corrected chi connectivity index (χ3v) is 3.47. The lowest BCUT2D eigenvalue weighted by Crippen LogP contribution is -2.31. The molecule has 8 heteroatoms. The summed E-state index contributed by atoms with van der Waals surface area (Å²) >= 11 is 0. The molecule has 0 fully saturated rings. The Balaban J connectivity index is 2.04. The van der Waals surface area contributed by atoms with Crippen molar-refractivity contribution in [2.75, 3.05) is 29.7 Å². The first-order valence-corrected chi connectivity index (χ1v) is 7.66. The van der Waals surface area contributed by atoms with Gasteiger partial charge in [0.15, 0.2) is 11.6 Å². The predicted molar refractivity (Wildman–Crippen MR) is 92.1 cm³/mol. The van der Waals surface area contributed by atoms with Crippen LogP contribution in [0.5, 0.6) is 0 Å². The number of rotatable bonds is 7. The molecule has 0 unspecified atom stereocenters. The van der Waals surface area contributed by atoms with E-state index >= 15 is 0 Å². The fourth-order valence-corrected chi connectivity index (χ4v) is 2.08. The predicted octanol–water partition coefficient (Wildman–Crippen LogP) is 2.19. The number of hydrogen-bond acceptors (Lipinski definition) is 6. The summed E-state index contributed by atoms with van der Waals surface area (Å²) in [5.74, 6) is 0.0732. The molecular weight excluding hydrogens is 311 g/mol. The van der Waals surface area contributed by atoms with Gasteiger partial charge in [-0.2, -0.15) is 0 Å². The normalized spacial score (nSPS) is 10.3. The molecule has 1 aromatic carbocycles. The fourth-order valence-electron chi connectivity index (χ4n) is 2.08. The second-order valence-electron chi connectivity index (χ2n) is 5.32. The molecule has 0 saturated carbocycles. The van der Waals surface area contributed by atoms with Crippen molar-refractivity contribution >= 4 is 23.2 Å². The number of benzene rings is 1. The molecule has 0 radical (unpaired) electrons. The summed E-state index contributed by atoms with van der Waals surface area (Å²) < 4.78 is 12.9. The number of amides is 1. The van der Waals surface area contributed by atoms with Gasteiger partial charge < -0.3 is 10.6 Å². The van der Waals surface area contributed by atoms with Gasteiger partial charge in [0.1, 0.15) is 17.8 Å². The zero-order valence-corrected chi connectivity index (χ0v) is 13.7. The highest BCUT2D eigenvalue weighted by Gasteiger charge is 2.13. The van der Waals surface area contributed by atoms with Crippen LogP contribution in [0.2, 0.25) is 0 Å². The number of carbonyl (C=O) groups excluding carboxylic acids is 1. The lowest BCUT2D eigenvalue weighted by atomic mass is 10.2. The number of hydrazine groups is 1. The van der Waals surface area contributed by atoms with Crippen molar-refractivity contribution in [2.24, 2.45) is 0 Å². The van der Waals surface area contributed by atoms with Crippen LogP contribution >= 0.6 is 0 Å². The van der Waals surface area contributed by atoms with Crippen molar-refractivity contribution in [3.8, 4) is 0 Å². The van der Waals surface area contributed by atoms with Gasteiger partial charge in [-0.3, -0.25) is 15.6 Å². The highest BCUT2D eigenvalue weighted by molar-refractivity contribution is 5.95. The molecule has 1 amide bonds. The number of nitrogens with two attached hydrogens (primary N) is 1. The maximum Gasteiger partial charge on any atom is 0.269 e. The van der Waals surface area contributed by atoms with Gasteiger partial charge in [0.25, 0.3) is 5.91 Å². The highest BCUT2D eigenvalue weighted by Crippen LogP contribution is 2.24. The molecule has 1 aromatic heterocycles. The van der Waals surface area contributed by atoms with E-state index in [1.807, 2.05) is 11.9 Å². The highest BCUT2D eigenvalue weighted by atomic mass is 19.1. The second-order valence-corrected chi connectivity index (χ2v) is 5.32. The lowest BCUT2D eigenvalue weighted by Gasteiger charge is -2.20. The zero-order chi connectivity index (χ0) is 17.5. The number of nitrogens with zero attached hydrogens (tertiary/aromatic N) is 3. The molecule has 0 aliphatic rings. The van der Waals surface area contributed by atoms with Crippen LogP contribution in [0.15, 0.2) is 30.6 Å². The van der Waals surface area contributed by atoms with E-state index in [0.717, 1.165) is 19.4 Å². The largest absolute Gasteiger partial charge is 0.393 e. The smallest absolute Gasteiger partial charge is 0.269 e. The van der Waals surface area contributed by atoms with Crippen LogP contribution in [0.3, 0.4) is 0 Å². The molecule has 0 spiro atoms. The van der Waals surface area contributed by atoms with Gasteiger partial charge in [0, 0.05) is 19.2 Å². The maximum atomic E-state index is 12.9. The molecule has 7 nitrogen and oxygen atoms in total. The first-order valence-electron chi connectivity index (χ1n) is 7.66. The lowest BCUT2D eigenvalue weighted by molar-refractivity contribution is 0.0962. The standard InChI is InChI=1S/C16H21FN6O/c1-3-4-9-23(2)15-13(18)14(19-10-20-15)21-22-16(24)11-5-7-12(17)8-6-11/h5-8,10H,3-4,9,18H2,1-2H3,(H,22,24)(H,19,20,21). The molecule has 2 aromatic rings. The Morgan fingerprint density at radius 3 is 2.67 bits per heavy atom. The van der Waals surface area contributed by atoms with E-state index in [0.29, 0.717) is 22.9 Å². The van der Waals surface area contributed by atoms with Gasteiger partial charge >= 0.3 is 0 Å². The van der Waals surface area contributed by atoms with Crippen molar-refractivity contribution in [1.82, 2.24) is 15.4 Å². The Hall–Kier alpha value is -2.90. The number of hydrogen-bond donors (Lipinski definition) is 3. The molecule has 4 N–H and O–H groups in total. The second kappa shape index (κ2) is 8.09. The van der Waals surface area contributed by atoms with Crippen LogP contribution in [0, 0.1) is 5.82 Å². The average molecular weight is 332 g/mol. The molecule has 0 saturated heterocycles. The van der Waals surface area contributed by atoms with E-state index in [2.05, 4.69) is 27.7 Å². The number of unbranched alkanes of at least 4 members (excludes halogenated alkanes) is 1. The summed E-state index contributed by atoms with van der Waals surface area (Å²) in [5, 5.41) is 0. The van der Waals surface area contributed by atoms with Crippen LogP contribution in [-0.4, -0.2) is 29.5 Å². The summed E-state index contributed by atoms with van der Waals surface area (Å²) in [4.78, 5) is 22.2. The molecule has 0 bridgehead atoms. The monoisotopic (exact) mass is 332 g/mol. The molecule has 0 atom stereocenters. The molecule has 128 valence electrons. The number of nitrogens with one attached hydrogen (secondary N) is 2. The maximum absolute atomic E-state index is 12.9. The first kappa shape index (κ1) is 17.5. The first-order chi connectivity index (χ1) is 11.5. The van der Waals surface area contributed by atoms with Crippen LogP contribution in [0.1, 0.15) is 30.1 Å². The topological polar surface area (TPSA) is 96.2 Å².